The first-order valence-electron chi connectivity index (χ1n) is 8.59. The third kappa shape index (κ3) is 4.06. The van der Waals surface area contributed by atoms with Crippen LogP contribution in [0.5, 0.6) is 11.5 Å². The van der Waals surface area contributed by atoms with Gasteiger partial charge in [0.1, 0.15) is 44.6 Å². The van der Waals surface area contributed by atoms with E-state index in [4.69, 9.17) is 19.1 Å². The van der Waals surface area contributed by atoms with Crippen molar-refractivity contribution in [2.75, 3.05) is 27.9 Å². The fourth-order valence-corrected chi connectivity index (χ4v) is 2.82. The third-order valence-corrected chi connectivity index (χ3v) is 4.12. The van der Waals surface area contributed by atoms with Crippen LogP contribution in [0.2, 0.25) is 0 Å². The van der Waals surface area contributed by atoms with E-state index in [1.807, 2.05) is 30.3 Å². The maximum absolute atomic E-state index is 12.1. The summed E-state index contributed by atoms with van der Waals surface area (Å²) in [6.45, 7) is 0.603. The van der Waals surface area contributed by atoms with Crippen LogP contribution in [0, 0.1) is 0 Å². The van der Waals surface area contributed by atoms with E-state index in [0.29, 0.717) is 23.7 Å². The SMILES string of the molecule is CNC(=O)/C(=N/OC)c1ccccc1COc1ccc2c(c1)OCC2=NOC. The lowest BCUT2D eigenvalue weighted by Crippen LogP contribution is -2.29. The summed E-state index contributed by atoms with van der Waals surface area (Å²) in [6, 6.07) is 12.9. The highest BCUT2D eigenvalue weighted by molar-refractivity contribution is 6.45. The first kappa shape index (κ1) is 19.2. The Hall–Kier alpha value is -3.55. The summed E-state index contributed by atoms with van der Waals surface area (Å²) in [5, 5.41) is 10.4. The summed E-state index contributed by atoms with van der Waals surface area (Å²) in [5.41, 5.74) is 3.23. The highest BCUT2D eigenvalue weighted by Crippen LogP contribution is 2.30. The Labute approximate surface area is 162 Å². The van der Waals surface area contributed by atoms with Crippen molar-refractivity contribution in [3.05, 3.63) is 59.2 Å². The molecule has 0 atom stereocenters. The maximum atomic E-state index is 12.1. The van der Waals surface area contributed by atoms with Crippen molar-refractivity contribution >= 4 is 17.3 Å². The highest BCUT2D eigenvalue weighted by Gasteiger charge is 2.21. The van der Waals surface area contributed by atoms with Crippen molar-refractivity contribution in [3.8, 4) is 11.5 Å². The smallest absolute Gasteiger partial charge is 0.273 e. The topological polar surface area (TPSA) is 90.7 Å². The number of hydrogen-bond acceptors (Lipinski definition) is 7. The number of benzene rings is 2. The Bertz CT molecular complexity index is 924. The van der Waals surface area contributed by atoms with E-state index in [2.05, 4.69) is 15.6 Å². The molecule has 28 heavy (non-hydrogen) atoms. The molecule has 0 saturated heterocycles. The number of ether oxygens (including phenoxy) is 2. The van der Waals surface area contributed by atoms with Crippen LogP contribution in [-0.4, -0.2) is 45.2 Å². The zero-order valence-electron chi connectivity index (χ0n) is 15.9. The van der Waals surface area contributed by atoms with Gasteiger partial charge < -0.3 is 24.5 Å². The Morgan fingerprint density at radius 3 is 2.75 bits per heavy atom. The summed E-state index contributed by atoms with van der Waals surface area (Å²) in [5.74, 6) is 0.983. The number of nitrogens with zero attached hydrogens (tertiary/aromatic N) is 2. The molecule has 0 aliphatic carbocycles. The minimum absolute atomic E-state index is 0.182. The average molecular weight is 383 g/mol. The molecule has 1 heterocycles. The Kier molecular flexibility index (Phi) is 6.11. The number of likely N-dealkylation sites (N-methyl/N-ethyl adjacent to an activating group) is 1. The van der Waals surface area contributed by atoms with Crippen molar-refractivity contribution < 1.29 is 23.9 Å². The summed E-state index contributed by atoms with van der Waals surface area (Å²) < 4.78 is 11.5. The van der Waals surface area contributed by atoms with Gasteiger partial charge in [0.15, 0.2) is 5.71 Å². The Balaban J connectivity index is 1.80. The molecule has 0 spiro atoms. The summed E-state index contributed by atoms with van der Waals surface area (Å²) in [4.78, 5) is 21.8. The molecule has 8 heteroatoms. The van der Waals surface area contributed by atoms with Crippen LogP contribution < -0.4 is 14.8 Å². The van der Waals surface area contributed by atoms with Gasteiger partial charge in [0.05, 0.1) is 0 Å². The van der Waals surface area contributed by atoms with Gasteiger partial charge in [-0.05, 0) is 17.7 Å². The van der Waals surface area contributed by atoms with Gasteiger partial charge in [-0.25, -0.2) is 0 Å². The van der Waals surface area contributed by atoms with E-state index >= 15 is 0 Å². The summed E-state index contributed by atoms with van der Waals surface area (Å²) in [7, 11) is 4.44. The fourth-order valence-electron chi connectivity index (χ4n) is 2.82. The minimum Gasteiger partial charge on any atom is -0.489 e. The number of fused-ring (bicyclic) bond motifs is 1. The number of carbonyl (C=O) groups excluding carboxylic acids is 1. The molecular formula is C20H21N3O5. The summed E-state index contributed by atoms with van der Waals surface area (Å²) >= 11 is 0. The molecule has 3 rings (SSSR count). The van der Waals surface area contributed by atoms with E-state index in [0.717, 1.165) is 16.8 Å². The molecule has 1 N–H and O–H groups in total. The minimum atomic E-state index is -0.342. The average Bonchev–Trinajstić information content (AvgIpc) is 3.12. The molecule has 0 unspecified atom stereocenters. The first-order valence-corrected chi connectivity index (χ1v) is 8.59. The lowest BCUT2D eigenvalue weighted by atomic mass is 10.0. The second-order valence-electron chi connectivity index (χ2n) is 5.81. The van der Waals surface area contributed by atoms with Crippen LogP contribution in [0.1, 0.15) is 16.7 Å². The first-order chi connectivity index (χ1) is 13.7. The van der Waals surface area contributed by atoms with Gasteiger partial charge in [-0.15, -0.1) is 0 Å². The quantitative estimate of drug-likeness (QED) is 0.584. The molecule has 8 nitrogen and oxygen atoms in total. The highest BCUT2D eigenvalue weighted by atomic mass is 16.6. The fraction of sp³-hybridized carbons (Fsp3) is 0.250. The zero-order valence-corrected chi connectivity index (χ0v) is 15.9. The number of oxime groups is 2. The van der Waals surface area contributed by atoms with Gasteiger partial charge in [-0.2, -0.15) is 0 Å². The van der Waals surface area contributed by atoms with Crippen LogP contribution in [0.4, 0.5) is 0 Å². The third-order valence-electron chi connectivity index (χ3n) is 4.12. The number of rotatable bonds is 7. The van der Waals surface area contributed by atoms with Crippen LogP contribution in [0.3, 0.4) is 0 Å². The predicted molar refractivity (Wildman–Crippen MR) is 104 cm³/mol. The van der Waals surface area contributed by atoms with Gasteiger partial charge >= 0.3 is 0 Å². The molecular weight excluding hydrogens is 362 g/mol. The molecule has 0 saturated carbocycles. The van der Waals surface area contributed by atoms with Crippen LogP contribution in [0.15, 0.2) is 52.8 Å². The number of carbonyl (C=O) groups is 1. The maximum Gasteiger partial charge on any atom is 0.273 e. The second-order valence-corrected chi connectivity index (χ2v) is 5.81. The number of nitrogens with one attached hydrogen (secondary N) is 1. The molecule has 0 bridgehead atoms. The van der Waals surface area contributed by atoms with E-state index < -0.39 is 0 Å². The summed E-state index contributed by atoms with van der Waals surface area (Å²) in [6.07, 6.45) is 0. The second kappa shape index (κ2) is 8.90. The zero-order chi connectivity index (χ0) is 19.9. The van der Waals surface area contributed by atoms with Gasteiger partial charge in [0, 0.05) is 24.2 Å². The van der Waals surface area contributed by atoms with Gasteiger partial charge in [0.25, 0.3) is 5.91 Å². The normalized spacial score (nSPS) is 14.2. The molecule has 0 radical (unpaired) electrons. The lowest BCUT2D eigenvalue weighted by molar-refractivity contribution is -0.114. The molecule has 2 aromatic rings. The number of amides is 1. The van der Waals surface area contributed by atoms with Crippen molar-refractivity contribution in [2.45, 2.75) is 6.61 Å². The van der Waals surface area contributed by atoms with Crippen LogP contribution in [-0.2, 0) is 21.1 Å². The van der Waals surface area contributed by atoms with Crippen LogP contribution >= 0.6 is 0 Å². The van der Waals surface area contributed by atoms with E-state index in [1.54, 1.807) is 12.1 Å². The van der Waals surface area contributed by atoms with Crippen molar-refractivity contribution in [1.82, 2.24) is 5.32 Å². The molecule has 146 valence electrons. The van der Waals surface area contributed by atoms with E-state index in [-0.39, 0.29) is 18.2 Å². The monoisotopic (exact) mass is 383 g/mol. The molecule has 1 aliphatic rings. The predicted octanol–water partition coefficient (Wildman–Crippen LogP) is 2.10. The molecule has 2 aromatic carbocycles. The van der Waals surface area contributed by atoms with Crippen LogP contribution in [0.25, 0.3) is 0 Å². The lowest BCUT2D eigenvalue weighted by Gasteiger charge is -2.12. The van der Waals surface area contributed by atoms with Gasteiger partial charge in [0.2, 0.25) is 0 Å². The molecule has 0 fully saturated rings. The standard InChI is InChI=1S/C20H21N3O5/c1-21-20(24)19(23-26-3)15-7-5-4-6-13(15)11-27-14-8-9-16-17(22-25-2)12-28-18(16)10-14/h4-10H,11-12H2,1-3H3,(H,21,24)/b22-17?,23-19+. The largest absolute Gasteiger partial charge is 0.489 e. The van der Waals surface area contributed by atoms with Gasteiger partial charge in [-0.1, -0.05) is 34.6 Å². The van der Waals surface area contributed by atoms with Gasteiger partial charge in [-0.3, -0.25) is 4.79 Å². The molecule has 1 aliphatic heterocycles. The number of hydrogen-bond donors (Lipinski definition) is 1. The molecule has 1 amide bonds. The Morgan fingerprint density at radius 2 is 2.00 bits per heavy atom. The van der Waals surface area contributed by atoms with Crippen molar-refractivity contribution in [3.63, 3.8) is 0 Å². The van der Waals surface area contributed by atoms with E-state index in [1.165, 1.54) is 21.3 Å². The van der Waals surface area contributed by atoms with Crippen molar-refractivity contribution in [2.24, 2.45) is 10.3 Å². The molecule has 0 aromatic heterocycles. The Morgan fingerprint density at radius 1 is 1.18 bits per heavy atom. The van der Waals surface area contributed by atoms with Crippen molar-refractivity contribution in [1.29, 1.82) is 0 Å². The van der Waals surface area contributed by atoms with E-state index in [9.17, 15) is 4.79 Å².